The van der Waals surface area contributed by atoms with Gasteiger partial charge in [-0.2, -0.15) is 0 Å². The van der Waals surface area contributed by atoms with E-state index in [1.165, 1.54) is 30.5 Å². The van der Waals surface area contributed by atoms with Crippen LogP contribution in [0.4, 0.5) is 17.1 Å². The molecule has 0 saturated carbocycles. The lowest BCUT2D eigenvalue weighted by Crippen LogP contribution is -2.29. The molecule has 3 rings (SSSR count). The van der Waals surface area contributed by atoms with Crippen LogP contribution in [0.25, 0.3) is 0 Å². The van der Waals surface area contributed by atoms with E-state index in [9.17, 15) is 4.79 Å². The second-order valence-electron chi connectivity index (χ2n) is 6.63. The summed E-state index contributed by atoms with van der Waals surface area (Å²) >= 11 is 0. The molecule has 2 N–H and O–H groups in total. The summed E-state index contributed by atoms with van der Waals surface area (Å²) in [5.41, 5.74) is 4.39. The van der Waals surface area contributed by atoms with Gasteiger partial charge in [0.25, 0.3) is 0 Å². The summed E-state index contributed by atoms with van der Waals surface area (Å²) in [6.45, 7) is 4.96. The maximum atomic E-state index is 12.1. The quantitative estimate of drug-likeness (QED) is 0.820. The maximum absolute atomic E-state index is 12.1. The van der Waals surface area contributed by atoms with Gasteiger partial charge in [0.2, 0.25) is 5.91 Å². The van der Waals surface area contributed by atoms with Crippen LogP contribution in [0.2, 0.25) is 0 Å². The molecule has 132 valence electrons. The van der Waals surface area contributed by atoms with Crippen molar-refractivity contribution in [3.05, 3.63) is 54.1 Å². The molecule has 4 heteroatoms. The molecule has 0 aromatic heterocycles. The third kappa shape index (κ3) is 4.99. The molecule has 1 aliphatic rings. The van der Waals surface area contributed by atoms with Gasteiger partial charge in [0.05, 0.1) is 0 Å². The number of piperidine rings is 1. The van der Waals surface area contributed by atoms with E-state index in [0.29, 0.717) is 13.0 Å². The van der Waals surface area contributed by atoms with Crippen molar-refractivity contribution in [3.63, 3.8) is 0 Å². The van der Waals surface area contributed by atoms with Gasteiger partial charge < -0.3 is 15.5 Å². The third-order valence-electron chi connectivity index (χ3n) is 4.68. The van der Waals surface area contributed by atoms with Gasteiger partial charge in [-0.15, -0.1) is 0 Å². The van der Waals surface area contributed by atoms with Crippen molar-refractivity contribution in [3.8, 4) is 0 Å². The molecule has 25 heavy (non-hydrogen) atoms. The van der Waals surface area contributed by atoms with Crippen molar-refractivity contribution in [1.29, 1.82) is 0 Å². The van der Waals surface area contributed by atoms with Crippen LogP contribution in [-0.2, 0) is 4.79 Å². The van der Waals surface area contributed by atoms with E-state index in [-0.39, 0.29) is 5.91 Å². The molecule has 0 radical (unpaired) electrons. The van der Waals surface area contributed by atoms with E-state index in [0.717, 1.165) is 24.5 Å². The predicted octanol–water partition coefficient (Wildman–Crippen LogP) is 4.43. The highest BCUT2D eigenvalue weighted by molar-refractivity contribution is 5.91. The standard InChI is InChI=1S/C21H27N3O/c1-17-7-3-4-8-20(17)22-14-13-21(25)23-18-9-11-19(12-10-18)24-15-5-2-6-16-24/h3-4,7-12,22H,2,5-6,13-16H2,1H3,(H,23,25). The summed E-state index contributed by atoms with van der Waals surface area (Å²) in [5.74, 6) is 0.0341. The zero-order valence-corrected chi connectivity index (χ0v) is 14.9. The van der Waals surface area contributed by atoms with Crippen molar-refractivity contribution in [1.82, 2.24) is 0 Å². The molecule has 2 aromatic carbocycles. The van der Waals surface area contributed by atoms with Crippen LogP contribution in [0.3, 0.4) is 0 Å². The normalized spacial score (nSPS) is 14.2. The number of carbonyl (C=O) groups is 1. The van der Waals surface area contributed by atoms with Gasteiger partial charge in [-0.3, -0.25) is 4.79 Å². The summed E-state index contributed by atoms with van der Waals surface area (Å²) in [5, 5.41) is 6.29. The van der Waals surface area contributed by atoms with E-state index in [1.807, 2.05) is 30.3 Å². The predicted molar refractivity (Wildman–Crippen MR) is 105 cm³/mol. The lowest BCUT2D eigenvalue weighted by Gasteiger charge is -2.28. The number of anilines is 3. The minimum absolute atomic E-state index is 0.0341. The summed E-state index contributed by atoms with van der Waals surface area (Å²) < 4.78 is 0. The number of carbonyl (C=O) groups excluding carboxylic acids is 1. The number of nitrogens with one attached hydrogen (secondary N) is 2. The second kappa shape index (κ2) is 8.56. The van der Waals surface area contributed by atoms with Gasteiger partial charge in [-0.05, 0) is 62.1 Å². The first-order valence-corrected chi connectivity index (χ1v) is 9.17. The van der Waals surface area contributed by atoms with Gasteiger partial charge in [0.1, 0.15) is 0 Å². The van der Waals surface area contributed by atoms with Crippen LogP contribution in [-0.4, -0.2) is 25.5 Å². The van der Waals surface area contributed by atoms with Crippen molar-refractivity contribution in [2.45, 2.75) is 32.6 Å². The summed E-state index contributed by atoms with van der Waals surface area (Å²) in [7, 11) is 0. The molecule has 1 amide bonds. The van der Waals surface area contributed by atoms with Gasteiger partial charge in [-0.25, -0.2) is 0 Å². The lowest BCUT2D eigenvalue weighted by molar-refractivity contribution is -0.115. The Bertz CT molecular complexity index is 691. The number of amides is 1. The Hall–Kier alpha value is -2.49. The number of benzene rings is 2. The first-order valence-electron chi connectivity index (χ1n) is 9.17. The Balaban J connectivity index is 1.45. The summed E-state index contributed by atoms with van der Waals surface area (Å²) in [4.78, 5) is 14.5. The Labute approximate surface area is 150 Å². The number of para-hydroxylation sites is 1. The van der Waals surface area contributed by atoms with Crippen LogP contribution >= 0.6 is 0 Å². The van der Waals surface area contributed by atoms with Crippen molar-refractivity contribution in [2.24, 2.45) is 0 Å². The molecule has 0 bridgehead atoms. The minimum Gasteiger partial charge on any atom is -0.384 e. The fraction of sp³-hybridized carbons (Fsp3) is 0.381. The van der Waals surface area contributed by atoms with E-state index in [4.69, 9.17) is 0 Å². The Morgan fingerprint density at radius 2 is 1.72 bits per heavy atom. The zero-order valence-electron chi connectivity index (χ0n) is 14.9. The largest absolute Gasteiger partial charge is 0.384 e. The highest BCUT2D eigenvalue weighted by Crippen LogP contribution is 2.22. The fourth-order valence-electron chi connectivity index (χ4n) is 3.21. The van der Waals surface area contributed by atoms with Gasteiger partial charge >= 0.3 is 0 Å². The first-order chi connectivity index (χ1) is 12.2. The number of rotatable bonds is 6. The van der Waals surface area contributed by atoms with Crippen LogP contribution < -0.4 is 15.5 Å². The van der Waals surface area contributed by atoms with Crippen LogP contribution in [0.1, 0.15) is 31.2 Å². The first kappa shape index (κ1) is 17.3. The molecular formula is C21H27N3O. The van der Waals surface area contributed by atoms with E-state index < -0.39 is 0 Å². The van der Waals surface area contributed by atoms with Gasteiger partial charge in [0.15, 0.2) is 0 Å². The highest BCUT2D eigenvalue weighted by Gasteiger charge is 2.11. The van der Waals surface area contributed by atoms with Crippen molar-refractivity contribution in [2.75, 3.05) is 35.2 Å². The average molecular weight is 337 g/mol. The van der Waals surface area contributed by atoms with E-state index in [1.54, 1.807) is 0 Å². The molecule has 1 saturated heterocycles. The molecule has 0 atom stereocenters. The molecule has 1 aliphatic heterocycles. The number of hydrogen-bond donors (Lipinski definition) is 2. The minimum atomic E-state index is 0.0341. The molecule has 0 unspecified atom stereocenters. The number of hydrogen-bond acceptors (Lipinski definition) is 3. The summed E-state index contributed by atoms with van der Waals surface area (Å²) in [6.07, 6.45) is 4.32. The third-order valence-corrected chi connectivity index (χ3v) is 4.68. The Kier molecular flexibility index (Phi) is 5.94. The molecule has 2 aromatic rings. The van der Waals surface area contributed by atoms with Gasteiger partial charge in [0, 0.05) is 43.1 Å². The van der Waals surface area contributed by atoms with Gasteiger partial charge in [-0.1, -0.05) is 18.2 Å². The van der Waals surface area contributed by atoms with Crippen molar-refractivity contribution >= 4 is 23.0 Å². The summed E-state index contributed by atoms with van der Waals surface area (Å²) in [6, 6.07) is 16.3. The molecule has 1 fully saturated rings. The molecular weight excluding hydrogens is 310 g/mol. The Morgan fingerprint density at radius 1 is 1.00 bits per heavy atom. The highest BCUT2D eigenvalue weighted by atomic mass is 16.1. The fourth-order valence-corrected chi connectivity index (χ4v) is 3.21. The zero-order chi connectivity index (χ0) is 17.5. The Morgan fingerprint density at radius 3 is 2.44 bits per heavy atom. The maximum Gasteiger partial charge on any atom is 0.226 e. The number of aryl methyl sites for hydroxylation is 1. The average Bonchev–Trinajstić information content (AvgIpc) is 2.65. The van der Waals surface area contributed by atoms with E-state index >= 15 is 0 Å². The molecule has 4 nitrogen and oxygen atoms in total. The SMILES string of the molecule is Cc1ccccc1NCCC(=O)Nc1ccc(N2CCCCC2)cc1. The smallest absolute Gasteiger partial charge is 0.226 e. The monoisotopic (exact) mass is 337 g/mol. The van der Waals surface area contributed by atoms with E-state index in [2.05, 4.69) is 40.7 Å². The van der Waals surface area contributed by atoms with Crippen molar-refractivity contribution < 1.29 is 4.79 Å². The van der Waals surface area contributed by atoms with Crippen LogP contribution in [0.5, 0.6) is 0 Å². The lowest BCUT2D eigenvalue weighted by atomic mass is 10.1. The molecule has 0 spiro atoms. The molecule has 0 aliphatic carbocycles. The topological polar surface area (TPSA) is 44.4 Å². The van der Waals surface area contributed by atoms with Crippen LogP contribution in [0.15, 0.2) is 48.5 Å². The second-order valence-corrected chi connectivity index (χ2v) is 6.63. The molecule has 1 heterocycles. The van der Waals surface area contributed by atoms with Crippen LogP contribution in [0, 0.1) is 6.92 Å². The number of nitrogens with zero attached hydrogens (tertiary/aromatic N) is 1.